The normalized spacial score (nSPS) is 15.2. The van der Waals surface area contributed by atoms with Crippen LogP contribution in [-0.2, 0) is 20.1 Å². The average molecular weight is 755 g/mol. The number of aromatic nitrogens is 3. The molecule has 4 nitrogen and oxygen atoms in total. The van der Waals surface area contributed by atoms with Crippen molar-refractivity contribution in [1.82, 2.24) is 14.4 Å². The Morgan fingerprint density at radius 2 is 1.55 bits per heavy atom. The second kappa shape index (κ2) is 11.0. The van der Waals surface area contributed by atoms with Crippen LogP contribution in [0.4, 0.5) is 0 Å². The number of aryl methyl sites for hydroxylation is 3. The van der Waals surface area contributed by atoms with Crippen molar-refractivity contribution in [2.75, 3.05) is 0 Å². The van der Waals surface area contributed by atoms with Gasteiger partial charge in [0, 0.05) is 44.2 Å². The van der Waals surface area contributed by atoms with Gasteiger partial charge in [0.05, 0.1) is 22.3 Å². The zero-order chi connectivity index (χ0) is 36.6. The summed E-state index contributed by atoms with van der Waals surface area (Å²) >= 11 is 0. The van der Waals surface area contributed by atoms with Crippen LogP contribution in [0.1, 0.15) is 29.0 Å². The second-order valence-electron chi connectivity index (χ2n) is 10.3. The number of pyridine rings is 2. The molecule has 0 atom stereocenters. The summed E-state index contributed by atoms with van der Waals surface area (Å²) in [7, 11) is 0. The molecule has 0 amide bonds. The number of furan rings is 1. The van der Waals surface area contributed by atoms with Crippen LogP contribution < -0.4 is 0 Å². The number of hydrogen-bond donors (Lipinski definition) is 0. The van der Waals surface area contributed by atoms with E-state index in [1.165, 1.54) is 29.7 Å². The Balaban J connectivity index is 0.000000164. The summed E-state index contributed by atoms with van der Waals surface area (Å²) in [6.07, 6.45) is 1.02. The van der Waals surface area contributed by atoms with E-state index in [-0.39, 0.29) is 42.5 Å². The Bertz CT molecular complexity index is 2820. The van der Waals surface area contributed by atoms with Crippen molar-refractivity contribution in [3.8, 4) is 11.3 Å². The molecule has 0 aliphatic rings. The van der Waals surface area contributed by atoms with Crippen LogP contribution in [0.3, 0.4) is 0 Å². The molecule has 0 aliphatic heterocycles. The van der Waals surface area contributed by atoms with Gasteiger partial charge in [-0.2, -0.15) is 0 Å². The van der Waals surface area contributed by atoms with Crippen LogP contribution >= 0.6 is 0 Å². The summed E-state index contributed by atoms with van der Waals surface area (Å²) in [5, 5.41) is 5.54. The molecule has 0 spiro atoms. The molecule has 44 heavy (non-hydrogen) atoms. The molecule has 5 heteroatoms. The van der Waals surface area contributed by atoms with Crippen LogP contribution in [-0.4, -0.2) is 14.4 Å². The van der Waals surface area contributed by atoms with Gasteiger partial charge in [0.25, 0.3) is 0 Å². The predicted octanol–water partition coefficient (Wildman–Crippen LogP) is 9.97. The summed E-state index contributed by atoms with van der Waals surface area (Å²) in [5.74, 6) is 0. The van der Waals surface area contributed by atoms with Crippen molar-refractivity contribution in [3.05, 3.63) is 138 Å². The molecular formula is C39H27IrN3O-2. The zero-order valence-corrected chi connectivity index (χ0v) is 25.4. The number of imidazole rings is 1. The minimum atomic E-state index is -2.61. The van der Waals surface area contributed by atoms with E-state index in [4.69, 9.17) is 21.7 Å². The third-order valence-corrected chi connectivity index (χ3v) is 7.64. The van der Waals surface area contributed by atoms with Crippen LogP contribution in [0.2, 0.25) is 0 Å². The third kappa shape index (κ3) is 4.57. The van der Waals surface area contributed by atoms with Crippen molar-refractivity contribution in [3.63, 3.8) is 0 Å². The van der Waals surface area contributed by atoms with E-state index in [1.54, 1.807) is 0 Å². The van der Waals surface area contributed by atoms with Crippen LogP contribution in [0.5, 0.6) is 0 Å². The second-order valence-corrected chi connectivity index (χ2v) is 10.3. The Labute approximate surface area is 281 Å². The molecule has 9 rings (SSSR count). The van der Waals surface area contributed by atoms with E-state index < -0.39 is 20.6 Å². The molecule has 0 N–H and O–H groups in total. The van der Waals surface area contributed by atoms with E-state index >= 15 is 0 Å². The standard InChI is InChI=1S/C25H13N2O.C14H14N.Ir/c1-4-10-21-15(7-1)17-13-18-16-8-2-6-12-23(16)28-24(18)14-19(17)25-26-20-9-3-5-11-22(20)27(21)25;1-10-4-6-13(7-5-10)14-8-11(2)12(3)9-15-14;/h1-13H;4-6,8-9H,1-3H3;/q2*-1;/i;1D3,2D3,3D3;. The fraction of sp³-hybridized carbons (Fsp3) is 0.0769. The molecule has 0 unspecified atom stereocenters. The van der Waals surface area contributed by atoms with Crippen molar-refractivity contribution in [2.24, 2.45) is 0 Å². The van der Waals surface area contributed by atoms with Crippen molar-refractivity contribution in [2.45, 2.75) is 20.6 Å². The van der Waals surface area contributed by atoms with Gasteiger partial charge in [-0.15, -0.1) is 41.5 Å². The van der Waals surface area contributed by atoms with E-state index in [1.807, 2.05) is 24.3 Å². The van der Waals surface area contributed by atoms with Gasteiger partial charge in [-0.3, -0.25) is 4.98 Å². The summed E-state index contributed by atoms with van der Waals surface area (Å²) in [5.41, 5.74) is 5.88. The summed E-state index contributed by atoms with van der Waals surface area (Å²) < 4.78 is 75.2. The maximum Gasteiger partial charge on any atom is 0.123 e. The molecule has 1 radical (unpaired) electrons. The van der Waals surface area contributed by atoms with Crippen LogP contribution in [0, 0.1) is 32.7 Å². The van der Waals surface area contributed by atoms with E-state index in [2.05, 4.69) is 76.1 Å². The van der Waals surface area contributed by atoms with Crippen molar-refractivity contribution < 1.29 is 36.9 Å². The van der Waals surface area contributed by atoms with E-state index in [9.17, 15) is 0 Å². The van der Waals surface area contributed by atoms with E-state index in [0.29, 0.717) is 5.56 Å². The largest absolute Gasteiger partial charge is 0.477 e. The van der Waals surface area contributed by atoms with Crippen LogP contribution in [0.25, 0.3) is 71.6 Å². The number of para-hydroxylation sites is 4. The van der Waals surface area contributed by atoms with Crippen molar-refractivity contribution in [1.29, 1.82) is 0 Å². The third-order valence-electron chi connectivity index (χ3n) is 7.64. The molecule has 0 bridgehead atoms. The van der Waals surface area contributed by atoms with Gasteiger partial charge in [0.1, 0.15) is 5.58 Å². The Kier molecular flexibility index (Phi) is 4.87. The molecule has 215 valence electrons. The molecular weight excluding hydrogens is 719 g/mol. The maximum atomic E-state index is 7.54. The van der Waals surface area contributed by atoms with Gasteiger partial charge in [-0.1, -0.05) is 89.2 Å². The average Bonchev–Trinajstić information content (AvgIpc) is 3.69. The van der Waals surface area contributed by atoms with Gasteiger partial charge >= 0.3 is 0 Å². The summed E-state index contributed by atoms with van der Waals surface area (Å²) in [6, 6.07) is 38.8. The summed E-state index contributed by atoms with van der Waals surface area (Å²) in [6.45, 7) is -7.47. The monoisotopic (exact) mass is 755 g/mol. The first-order chi connectivity index (χ1) is 24.7. The van der Waals surface area contributed by atoms with Gasteiger partial charge in [0.2, 0.25) is 0 Å². The topological polar surface area (TPSA) is 43.3 Å². The molecule has 4 heterocycles. The fourth-order valence-electron chi connectivity index (χ4n) is 5.61. The quantitative estimate of drug-likeness (QED) is 0.124. The smallest absolute Gasteiger partial charge is 0.123 e. The molecule has 0 saturated carbocycles. The first-order valence-electron chi connectivity index (χ1n) is 18.2. The predicted molar refractivity (Wildman–Crippen MR) is 177 cm³/mol. The Morgan fingerprint density at radius 3 is 2.36 bits per heavy atom. The Hall–Kier alpha value is -4.83. The van der Waals surface area contributed by atoms with Crippen LogP contribution in [0.15, 0.2) is 114 Å². The van der Waals surface area contributed by atoms with Gasteiger partial charge in [-0.25, -0.2) is 0 Å². The Morgan fingerprint density at radius 1 is 0.750 bits per heavy atom. The molecule has 0 aliphatic carbocycles. The minimum absolute atomic E-state index is 0. The number of benzene rings is 5. The number of rotatable bonds is 1. The van der Waals surface area contributed by atoms with Gasteiger partial charge in [0.15, 0.2) is 0 Å². The van der Waals surface area contributed by atoms with Gasteiger partial charge in [-0.05, 0) is 60.0 Å². The molecule has 9 aromatic rings. The van der Waals surface area contributed by atoms with Crippen molar-refractivity contribution >= 4 is 60.3 Å². The first kappa shape index (κ1) is 19.4. The number of hydrogen-bond acceptors (Lipinski definition) is 3. The zero-order valence-electron chi connectivity index (χ0n) is 32.0. The summed E-state index contributed by atoms with van der Waals surface area (Å²) in [4.78, 5) is 8.94. The van der Waals surface area contributed by atoms with E-state index in [0.717, 1.165) is 61.1 Å². The molecule has 4 aromatic heterocycles. The number of nitrogens with zero attached hydrogens (tertiary/aromatic N) is 3. The SMILES string of the molecule is [2H]C([2H])([2H])c1c[c-]c(-c2cc(C([2H])([2H])[2H])c(C([2H])([2H])[2H])cn2)cc1.[Ir].[c-]1c2oc3ccccc3c2cc2c1c1nc3ccccc3n1c1ccccc21. The molecule has 5 aromatic carbocycles. The molecule has 0 fully saturated rings. The fourth-order valence-corrected chi connectivity index (χ4v) is 5.61. The maximum absolute atomic E-state index is 7.54. The van der Waals surface area contributed by atoms with Gasteiger partial charge < -0.3 is 13.8 Å². The first-order valence-corrected chi connectivity index (χ1v) is 13.7. The minimum Gasteiger partial charge on any atom is -0.477 e. The number of fused-ring (bicyclic) bond motifs is 11. The molecule has 0 saturated heterocycles.